The lowest BCUT2D eigenvalue weighted by molar-refractivity contribution is 0.278. The van der Waals surface area contributed by atoms with Crippen molar-refractivity contribution in [3.05, 3.63) is 34.6 Å². The van der Waals surface area contributed by atoms with Crippen LogP contribution >= 0.6 is 11.6 Å². The Hall–Kier alpha value is -0.600. The van der Waals surface area contributed by atoms with Crippen molar-refractivity contribution in [3.8, 4) is 0 Å². The molecule has 88 valence electrons. The van der Waals surface area contributed by atoms with Crippen LogP contribution in [-0.4, -0.2) is 6.54 Å². The van der Waals surface area contributed by atoms with E-state index in [2.05, 4.69) is 6.92 Å². The molecule has 1 aromatic rings. The molecule has 0 saturated heterocycles. The second-order valence-corrected chi connectivity index (χ2v) is 5.48. The molecule has 0 radical (unpaired) electrons. The topological polar surface area (TPSA) is 26.0 Å². The Balaban J connectivity index is 2.21. The van der Waals surface area contributed by atoms with Crippen molar-refractivity contribution >= 4 is 11.6 Å². The highest BCUT2D eigenvalue weighted by Crippen LogP contribution is 2.47. The van der Waals surface area contributed by atoms with Crippen LogP contribution in [0.1, 0.15) is 25.3 Å². The van der Waals surface area contributed by atoms with Crippen LogP contribution in [0.15, 0.2) is 18.2 Å². The van der Waals surface area contributed by atoms with Crippen LogP contribution in [0.3, 0.4) is 0 Å². The van der Waals surface area contributed by atoms with E-state index in [0.717, 1.165) is 0 Å². The van der Waals surface area contributed by atoms with Gasteiger partial charge in [-0.3, -0.25) is 0 Å². The van der Waals surface area contributed by atoms with Crippen LogP contribution in [0.2, 0.25) is 5.02 Å². The average molecular weight is 242 g/mol. The second kappa shape index (κ2) is 4.34. The van der Waals surface area contributed by atoms with Crippen LogP contribution in [0.25, 0.3) is 0 Å². The molecule has 1 nitrogen and oxygen atoms in total. The fraction of sp³-hybridized carbons (Fsp3) is 0.538. The fourth-order valence-corrected chi connectivity index (χ4v) is 2.47. The molecule has 0 aliphatic heterocycles. The van der Waals surface area contributed by atoms with Crippen molar-refractivity contribution < 1.29 is 4.39 Å². The first kappa shape index (κ1) is 11.9. The molecule has 0 amide bonds. The van der Waals surface area contributed by atoms with E-state index in [1.54, 1.807) is 12.1 Å². The van der Waals surface area contributed by atoms with E-state index in [1.165, 1.54) is 18.9 Å². The number of rotatable bonds is 4. The van der Waals surface area contributed by atoms with Gasteiger partial charge in [-0.05, 0) is 60.9 Å². The maximum atomic E-state index is 13.6. The van der Waals surface area contributed by atoms with Gasteiger partial charge in [-0.15, -0.1) is 0 Å². The van der Waals surface area contributed by atoms with E-state index in [9.17, 15) is 4.39 Å². The Morgan fingerprint density at radius 1 is 1.50 bits per heavy atom. The van der Waals surface area contributed by atoms with Crippen LogP contribution in [0, 0.1) is 17.2 Å². The standard InChI is InChI=1S/C13H17ClFN/c1-13(8-16,10-2-3-10)7-9-6-11(14)4-5-12(9)15/h4-6,10H,2-3,7-8,16H2,1H3. The van der Waals surface area contributed by atoms with E-state index >= 15 is 0 Å². The molecule has 1 unspecified atom stereocenters. The molecule has 1 aliphatic rings. The molecule has 1 aliphatic carbocycles. The first-order chi connectivity index (χ1) is 7.55. The third kappa shape index (κ3) is 2.38. The maximum absolute atomic E-state index is 13.6. The second-order valence-electron chi connectivity index (χ2n) is 5.04. The first-order valence-corrected chi connectivity index (χ1v) is 6.07. The van der Waals surface area contributed by atoms with Crippen molar-refractivity contribution in [2.24, 2.45) is 17.1 Å². The summed E-state index contributed by atoms with van der Waals surface area (Å²) in [6, 6.07) is 4.73. The van der Waals surface area contributed by atoms with Crippen molar-refractivity contribution in [2.75, 3.05) is 6.54 Å². The quantitative estimate of drug-likeness (QED) is 0.859. The Bertz CT molecular complexity index is 390. The first-order valence-electron chi connectivity index (χ1n) is 5.69. The maximum Gasteiger partial charge on any atom is 0.126 e. The molecule has 16 heavy (non-hydrogen) atoms. The van der Waals surface area contributed by atoms with Crippen molar-refractivity contribution in [3.63, 3.8) is 0 Å². The number of hydrogen-bond acceptors (Lipinski definition) is 1. The largest absolute Gasteiger partial charge is 0.330 e. The zero-order valence-corrected chi connectivity index (χ0v) is 10.2. The SMILES string of the molecule is CC(CN)(Cc1cc(Cl)ccc1F)C1CC1. The molecular formula is C13H17ClFN. The Kier molecular flexibility index (Phi) is 3.22. The molecule has 1 aromatic carbocycles. The minimum absolute atomic E-state index is 0.0194. The van der Waals surface area contributed by atoms with Crippen LogP contribution in [0.4, 0.5) is 4.39 Å². The molecule has 0 aromatic heterocycles. The summed E-state index contributed by atoms with van der Waals surface area (Å²) in [6.45, 7) is 2.74. The van der Waals surface area contributed by atoms with Gasteiger partial charge < -0.3 is 5.73 Å². The Morgan fingerprint density at radius 2 is 2.19 bits per heavy atom. The van der Waals surface area contributed by atoms with Gasteiger partial charge in [0, 0.05) is 5.02 Å². The number of benzene rings is 1. The smallest absolute Gasteiger partial charge is 0.126 e. The predicted octanol–water partition coefficient (Wildman–Crippen LogP) is 3.40. The van der Waals surface area contributed by atoms with Crippen LogP contribution < -0.4 is 5.73 Å². The van der Waals surface area contributed by atoms with E-state index in [4.69, 9.17) is 17.3 Å². The minimum atomic E-state index is -0.176. The molecule has 0 bridgehead atoms. The molecule has 0 spiro atoms. The zero-order chi connectivity index (χ0) is 11.8. The van der Waals surface area contributed by atoms with Gasteiger partial charge in [-0.25, -0.2) is 4.39 Å². The summed E-state index contributed by atoms with van der Waals surface area (Å²) in [6.07, 6.45) is 3.12. The van der Waals surface area contributed by atoms with Crippen molar-refractivity contribution in [2.45, 2.75) is 26.2 Å². The highest BCUT2D eigenvalue weighted by atomic mass is 35.5. The van der Waals surface area contributed by atoms with E-state index in [0.29, 0.717) is 29.5 Å². The van der Waals surface area contributed by atoms with Gasteiger partial charge in [0.25, 0.3) is 0 Å². The molecule has 1 saturated carbocycles. The summed E-state index contributed by atoms with van der Waals surface area (Å²) in [5.41, 5.74) is 6.54. The molecular weight excluding hydrogens is 225 g/mol. The summed E-state index contributed by atoms with van der Waals surface area (Å²) in [7, 11) is 0. The predicted molar refractivity (Wildman–Crippen MR) is 65.0 cm³/mol. The molecule has 2 rings (SSSR count). The summed E-state index contributed by atoms with van der Waals surface area (Å²) in [5.74, 6) is 0.473. The third-order valence-corrected chi connectivity index (χ3v) is 3.87. The van der Waals surface area contributed by atoms with E-state index < -0.39 is 0 Å². The van der Waals surface area contributed by atoms with Crippen molar-refractivity contribution in [1.29, 1.82) is 0 Å². The van der Waals surface area contributed by atoms with Gasteiger partial charge in [-0.2, -0.15) is 0 Å². The van der Waals surface area contributed by atoms with Gasteiger partial charge in [-0.1, -0.05) is 18.5 Å². The van der Waals surface area contributed by atoms with E-state index in [-0.39, 0.29) is 11.2 Å². The molecule has 1 atom stereocenters. The fourth-order valence-electron chi connectivity index (χ4n) is 2.28. The Labute approximate surface area is 101 Å². The number of halogens is 2. The van der Waals surface area contributed by atoms with Crippen molar-refractivity contribution in [1.82, 2.24) is 0 Å². The average Bonchev–Trinajstić information content (AvgIpc) is 3.07. The number of hydrogen-bond donors (Lipinski definition) is 1. The third-order valence-electron chi connectivity index (χ3n) is 3.63. The summed E-state index contributed by atoms with van der Waals surface area (Å²) >= 11 is 5.89. The van der Waals surface area contributed by atoms with Gasteiger partial charge in [0.15, 0.2) is 0 Å². The minimum Gasteiger partial charge on any atom is -0.330 e. The van der Waals surface area contributed by atoms with E-state index in [1.807, 2.05) is 0 Å². The lowest BCUT2D eigenvalue weighted by atomic mass is 9.79. The van der Waals surface area contributed by atoms with Crippen LogP contribution in [-0.2, 0) is 6.42 Å². The van der Waals surface area contributed by atoms with Gasteiger partial charge in [0.05, 0.1) is 0 Å². The normalized spacial score (nSPS) is 19.5. The Morgan fingerprint density at radius 3 is 2.75 bits per heavy atom. The summed E-state index contributed by atoms with van der Waals surface area (Å²) < 4.78 is 13.6. The van der Waals surface area contributed by atoms with Crippen LogP contribution in [0.5, 0.6) is 0 Å². The molecule has 0 heterocycles. The highest BCUT2D eigenvalue weighted by Gasteiger charge is 2.40. The lowest BCUT2D eigenvalue weighted by Gasteiger charge is -2.28. The molecule has 2 N–H and O–H groups in total. The van der Waals surface area contributed by atoms with Gasteiger partial charge >= 0.3 is 0 Å². The van der Waals surface area contributed by atoms with Gasteiger partial charge in [0.1, 0.15) is 5.82 Å². The van der Waals surface area contributed by atoms with Gasteiger partial charge in [0.2, 0.25) is 0 Å². The lowest BCUT2D eigenvalue weighted by Crippen LogP contribution is -2.32. The zero-order valence-electron chi connectivity index (χ0n) is 9.47. The molecule has 1 fully saturated rings. The monoisotopic (exact) mass is 241 g/mol. The highest BCUT2D eigenvalue weighted by molar-refractivity contribution is 6.30. The summed E-state index contributed by atoms with van der Waals surface area (Å²) in [5, 5.41) is 0.589. The summed E-state index contributed by atoms with van der Waals surface area (Å²) in [4.78, 5) is 0. The number of nitrogens with two attached hydrogens (primary N) is 1. The molecule has 3 heteroatoms.